The Balaban J connectivity index is 2.22. The van der Waals surface area contributed by atoms with Gasteiger partial charge >= 0.3 is 0 Å². The molecule has 1 aromatic carbocycles. The molecule has 21 heavy (non-hydrogen) atoms. The summed E-state index contributed by atoms with van der Waals surface area (Å²) in [7, 11) is 0. The highest BCUT2D eigenvalue weighted by Gasteiger charge is 2.41. The zero-order valence-corrected chi connectivity index (χ0v) is 14.4. The van der Waals surface area contributed by atoms with Crippen LogP contribution in [0.2, 0.25) is 0 Å². The van der Waals surface area contributed by atoms with E-state index >= 15 is 0 Å². The maximum Gasteiger partial charge on any atom is 0.157 e. The van der Waals surface area contributed by atoms with Crippen molar-refractivity contribution in [3.63, 3.8) is 0 Å². The highest BCUT2D eigenvalue weighted by Crippen LogP contribution is 2.30. The van der Waals surface area contributed by atoms with Crippen molar-refractivity contribution in [2.24, 2.45) is 0 Å². The highest BCUT2D eigenvalue weighted by molar-refractivity contribution is 9.10. The summed E-state index contributed by atoms with van der Waals surface area (Å²) in [5.74, 6) is -0.0844. The van der Waals surface area contributed by atoms with Crippen LogP contribution in [0.4, 0.5) is 4.39 Å². The first-order valence-electron chi connectivity index (χ1n) is 7.75. The molecular weight excluding hydrogens is 333 g/mol. The van der Waals surface area contributed by atoms with Crippen molar-refractivity contribution >= 4 is 21.7 Å². The summed E-state index contributed by atoms with van der Waals surface area (Å²) in [6.07, 6.45) is 4.27. The summed E-state index contributed by atoms with van der Waals surface area (Å²) in [4.78, 5) is 15.3. The third-order valence-electron chi connectivity index (χ3n) is 4.69. The topological polar surface area (TPSA) is 20.3 Å². The molecule has 2 rings (SSSR count). The van der Waals surface area contributed by atoms with Crippen LogP contribution in [-0.4, -0.2) is 29.3 Å². The maximum absolute atomic E-state index is 13.5. The molecule has 116 valence electrons. The van der Waals surface area contributed by atoms with Gasteiger partial charge in [0.1, 0.15) is 5.82 Å². The van der Waals surface area contributed by atoms with Crippen LogP contribution in [-0.2, 0) is 11.2 Å². The summed E-state index contributed by atoms with van der Waals surface area (Å²) in [5, 5.41) is 0. The van der Waals surface area contributed by atoms with Crippen LogP contribution in [0.15, 0.2) is 22.7 Å². The van der Waals surface area contributed by atoms with Crippen molar-refractivity contribution in [1.29, 1.82) is 0 Å². The van der Waals surface area contributed by atoms with Gasteiger partial charge in [-0.15, -0.1) is 0 Å². The Morgan fingerprint density at radius 1 is 1.24 bits per heavy atom. The molecule has 0 amide bonds. The van der Waals surface area contributed by atoms with E-state index in [1.165, 1.54) is 25.0 Å². The fourth-order valence-corrected chi connectivity index (χ4v) is 3.99. The number of carbonyl (C=O) groups excluding carboxylic acids is 1. The second kappa shape index (κ2) is 7.01. The molecule has 4 heteroatoms. The number of carbonyl (C=O) groups is 1. The van der Waals surface area contributed by atoms with Crippen LogP contribution in [0.1, 0.15) is 45.1 Å². The van der Waals surface area contributed by atoms with E-state index in [1.807, 2.05) is 6.07 Å². The summed E-state index contributed by atoms with van der Waals surface area (Å²) in [6, 6.07) is 4.71. The normalized spacial score (nSPS) is 16.4. The van der Waals surface area contributed by atoms with E-state index in [4.69, 9.17) is 0 Å². The number of halogens is 2. The van der Waals surface area contributed by atoms with Gasteiger partial charge in [0.25, 0.3) is 0 Å². The van der Waals surface area contributed by atoms with Crippen LogP contribution >= 0.6 is 15.9 Å². The number of likely N-dealkylation sites (tertiary alicyclic amines) is 1. The van der Waals surface area contributed by atoms with E-state index in [1.54, 1.807) is 0 Å². The lowest BCUT2D eigenvalue weighted by Crippen LogP contribution is -2.53. The first-order valence-corrected chi connectivity index (χ1v) is 8.54. The largest absolute Gasteiger partial charge is 0.297 e. The SMILES string of the molecule is CCC(CC)(C(=O)Cc1cc(F)cc(Br)c1)N1CCCC1. The minimum absolute atomic E-state index is 0.215. The van der Waals surface area contributed by atoms with Gasteiger partial charge in [-0.3, -0.25) is 9.69 Å². The maximum atomic E-state index is 13.5. The first kappa shape index (κ1) is 16.6. The molecule has 0 spiro atoms. The summed E-state index contributed by atoms with van der Waals surface area (Å²) in [5.41, 5.74) is 0.368. The Bertz CT molecular complexity index is 487. The van der Waals surface area contributed by atoms with Crippen molar-refractivity contribution < 1.29 is 9.18 Å². The second-order valence-corrected chi connectivity index (χ2v) is 6.73. The van der Waals surface area contributed by atoms with Crippen LogP contribution in [0, 0.1) is 5.82 Å². The molecule has 1 aliphatic rings. The average molecular weight is 356 g/mol. The zero-order chi connectivity index (χ0) is 15.5. The number of rotatable bonds is 6. The van der Waals surface area contributed by atoms with E-state index < -0.39 is 0 Å². The van der Waals surface area contributed by atoms with Crippen molar-refractivity contribution in [3.05, 3.63) is 34.1 Å². The third-order valence-corrected chi connectivity index (χ3v) is 5.15. The number of hydrogen-bond acceptors (Lipinski definition) is 2. The molecule has 1 fully saturated rings. The zero-order valence-electron chi connectivity index (χ0n) is 12.8. The summed E-state index contributed by atoms with van der Waals surface area (Å²) >= 11 is 3.29. The monoisotopic (exact) mass is 355 g/mol. The number of Topliss-reactive ketones (excluding diaryl/α,β-unsaturated/α-hetero) is 1. The first-order chi connectivity index (χ1) is 10.0. The molecule has 1 saturated heterocycles. The van der Waals surface area contributed by atoms with Gasteiger partial charge in [-0.05, 0) is 62.5 Å². The standard InChI is InChI=1S/C17H23BrFNO/c1-3-17(4-2,20-7-5-6-8-20)16(21)11-13-9-14(18)12-15(19)10-13/h9-10,12H,3-8,11H2,1-2H3. The summed E-state index contributed by atoms with van der Waals surface area (Å²) < 4.78 is 14.2. The Morgan fingerprint density at radius 2 is 1.86 bits per heavy atom. The molecule has 1 aliphatic heterocycles. The van der Waals surface area contributed by atoms with Gasteiger partial charge in [-0.2, -0.15) is 0 Å². The molecule has 0 radical (unpaired) electrons. The average Bonchev–Trinajstić information content (AvgIpc) is 2.94. The number of benzene rings is 1. The number of ketones is 1. The molecule has 0 aliphatic carbocycles. The molecule has 0 unspecified atom stereocenters. The second-order valence-electron chi connectivity index (χ2n) is 5.81. The molecule has 0 saturated carbocycles. The number of nitrogens with zero attached hydrogens (tertiary/aromatic N) is 1. The Morgan fingerprint density at radius 3 is 2.38 bits per heavy atom. The van der Waals surface area contributed by atoms with Crippen molar-refractivity contribution in [2.75, 3.05) is 13.1 Å². The smallest absolute Gasteiger partial charge is 0.157 e. The molecule has 0 atom stereocenters. The molecule has 0 bridgehead atoms. The van der Waals surface area contributed by atoms with E-state index in [0.717, 1.165) is 31.5 Å². The molecular formula is C17H23BrFNO. The highest BCUT2D eigenvalue weighted by atomic mass is 79.9. The van der Waals surface area contributed by atoms with Gasteiger partial charge in [0.05, 0.1) is 5.54 Å². The molecule has 1 aromatic rings. The van der Waals surface area contributed by atoms with Crippen LogP contribution in [0.5, 0.6) is 0 Å². The van der Waals surface area contributed by atoms with Gasteiger partial charge < -0.3 is 0 Å². The van der Waals surface area contributed by atoms with Crippen molar-refractivity contribution in [2.45, 2.75) is 51.5 Å². The molecule has 1 heterocycles. The van der Waals surface area contributed by atoms with Gasteiger partial charge in [0.2, 0.25) is 0 Å². The third kappa shape index (κ3) is 3.54. The lowest BCUT2D eigenvalue weighted by Gasteiger charge is -2.39. The minimum atomic E-state index is -0.380. The minimum Gasteiger partial charge on any atom is -0.297 e. The van der Waals surface area contributed by atoms with E-state index in [9.17, 15) is 9.18 Å². The van der Waals surface area contributed by atoms with E-state index in [-0.39, 0.29) is 17.1 Å². The molecule has 0 aromatic heterocycles. The lowest BCUT2D eigenvalue weighted by atomic mass is 9.83. The van der Waals surface area contributed by atoms with Crippen molar-refractivity contribution in [1.82, 2.24) is 4.90 Å². The molecule has 0 N–H and O–H groups in total. The predicted octanol–water partition coefficient (Wildman–Crippen LogP) is 4.35. The number of hydrogen-bond donors (Lipinski definition) is 0. The van der Waals surface area contributed by atoms with Gasteiger partial charge in [-0.1, -0.05) is 29.8 Å². The lowest BCUT2D eigenvalue weighted by molar-refractivity contribution is -0.130. The van der Waals surface area contributed by atoms with Crippen LogP contribution < -0.4 is 0 Å². The predicted molar refractivity (Wildman–Crippen MR) is 86.9 cm³/mol. The summed E-state index contributed by atoms with van der Waals surface area (Å²) in [6.45, 7) is 6.17. The van der Waals surface area contributed by atoms with Gasteiger partial charge in [0.15, 0.2) is 5.78 Å². The fourth-order valence-electron chi connectivity index (χ4n) is 3.48. The van der Waals surface area contributed by atoms with Crippen LogP contribution in [0.25, 0.3) is 0 Å². The van der Waals surface area contributed by atoms with E-state index in [0.29, 0.717) is 10.9 Å². The van der Waals surface area contributed by atoms with Crippen molar-refractivity contribution in [3.8, 4) is 0 Å². The Labute approximate surface area is 134 Å². The van der Waals surface area contributed by atoms with E-state index in [2.05, 4.69) is 34.7 Å². The molecule has 2 nitrogen and oxygen atoms in total. The van der Waals surface area contributed by atoms with Crippen LogP contribution in [0.3, 0.4) is 0 Å². The Hall–Kier alpha value is -0.740. The van der Waals surface area contributed by atoms with Gasteiger partial charge in [-0.25, -0.2) is 4.39 Å². The van der Waals surface area contributed by atoms with Gasteiger partial charge in [0, 0.05) is 10.9 Å². The Kier molecular flexibility index (Phi) is 5.55. The fraction of sp³-hybridized carbons (Fsp3) is 0.588. The quantitative estimate of drug-likeness (QED) is 0.755.